The monoisotopic (exact) mass is 345 g/mol. The average molecular weight is 346 g/mol. The highest BCUT2D eigenvalue weighted by atomic mass is 79.9. The van der Waals surface area contributed by atoms with Crippen LogP contribution in [-0.2, 0) is 11.2 Å². The van der Waals surface area contributed by atoms with E-state index in [-0.39, 0.29) is 6.42 Å². The molecule has 0 unspecified atom stereocenters. The Labute approximate surface area is 120 Å². The van der Waals surface area contributed by atoms with Crippen molar-refractivity contribution < 1.29 is 9.90 Å². The smallest absolute Gasteiger partial charge is 0.308 e. The number of aliphatic carboxylic acids is 1. The molecule has 0 amide bonds. The van der Waals surface area contributed by atoms with E-state index in [4.69, 9.17) is 5.11 Å². The molecule has 2 aromatic rings. The van der Waals surface area contributed by atoms with Crippen LogP contribution in [0.2, 0.25) is 0 Å². The summed E-state index contributed by atoms with van der Waals surface area (Å²) in [5.41, 5.74) is 0.752. The summed E-state index contributed by atoms with van der Waals surface area (Å²) in [5, 5.41) is 9.35. The first-order valence-electron chi connectivity index (χ1n) is 4.88. The number of carbonyl (C=O) groups is 1. The Morgan fingerprint density at radius 1 is 1.50 bits per heavy atom. The zero-order chi connectivity index (χ0) is 13.1. The lowest BCUT2D eigenvalue weighted by molar-refractivity contribution is -0.136. The Hall–Kier alpha value is -0.990. The molecule has 2 heterocycles. The zero-order valence-electron chi connectivity index (χ0n) is 9.25. The minimum Gasteiger partial charge on any atom is -0.481 e. The van der Waals surface area contributed by atoms with Gasteiger partial charge in [-0.2, -0.15) is 0 Å². The summed E-state index contributed by atoms with van der Waals surface area (Å²) in [6.07, 6.45) is 3.33. The molecule has 94 valence electrons. The van der Waals surface area contributed by atoms with Crippen molar-refractivity contribution in [1.82, 2.24) is 15.0 Å². The van der Waals surface area contributed by atoms with Crippen molar-refractivity contribution in [2.45, 2.75) is 22.8 Å². The first-order valence-corrected chi connectivity index (χ1v) is 7.30. The van der Waals surface area contributed by atoms with Gasteiger partial charge in [-0.15, -0.1) is 11.3 Å². The third kappa shape index (κ3) is 3.50. The van der Waals surface area contributed by atoms with Crippen molar-refractivity contribution in [2.75, 3.05) is 0 Å². The molecule has 5 nitrogen and oxygen atoms in total. The molecule has 18 heavy (non-hydrogen) atoms. The third-order valence-electron chi connectivity index (χ3n) is 1.96. The second-order valence-electron chi connectivity index (χ2n) is 3.34. The lowest BCUT2D eigenvalue weighted by atomic mass is 10.3. The van der Waals surface area contributed by atoms with Crippen molar-refractivity contribution in [3.63, 3.8) is 0 Å². The second kappa shape index (κ2) is 5.77. The van der Waals surface area contributed by atoms with Crippen LogP contribution in [0.4, 0.5) is 0 Å². The molecule has 0 aliphatic heterocycles. The summed E-state index contributed by atoms with van der Waals surface area (Å²) in [6, 6.07) is 0. The fourth-order valence-corrected chi connectivity index (χ4v) is 3.41. The number of thiazole rings is 1. The van der Waals surface area contributed by atoms with Crippen molar-refractivity contribution in [2.24, 2.45) is 0 Å². The summed E-state index contributed by atoms with van der Waals surface area (Å²) < 4.78 is 1.57. The number of rotatable bonds is 4. The van der Waals surface area contributed by atoms with E-state index in [0.717, 1.165) is 19.4 Å². The van der Waals surface area contributed by atoms with Gasteiger partial charge < -0.3 is 5.11 Å². The van der Waals surface area contributed by atoms with Crippen LogP contribution in [0, 0.1) is 6.92 Å². The number of aromatic nitrogens is 3. The van der Waals surface area contributed by atoms with Gasteiger partial charge in [0.25, 0.3) is 0 Å². The van der Waals surface area contributed by atoms with Crippen molar-refractivity contribution >= 4 is 45.0 Å². The highest BCUT2D eigenvalue weighted by molar-refractivity contribution is 9.10. The lowest BCUT2D eigenvalue weighted by Gasteiger charge is -1.94. The summed E-state index contributed by atoms with van der Waals surface area (Å²) in [5.74, 6) is -0.849. The van der Waals surface area contributed by atoms with Gasteiger partial charge in [-0.1, -0.05) is 0 Å². The van der Waals surface area contributed by atoms with Crippen LogP contribution < -0.4 is 0 Å². The summed E-state index contributed by atoms with van der Waals surface area (Å²) in [4.78, 5) is 24.0. The van der Waals surface area contributed by atoms with Crippen LogP contribution in [0.15, 0.2) is 26.4 Å². The molecule has 0 aliphatic carbocycles. The minimum atomic E-state index is -0.849. The molecular weight excluding hydrogens is 338 g/mol. The third-order valence-corrected chi connectivity index (χ3v) is 4.48. The largest absolute Gasteiger partial charge is 0.481 e. The molecule has 8 heteroatoms. The highest BCUT2D eigenvalue weighted by Crippen LogP contribution is 2.31. The molecule has 0 spiro atoms. The number of halogens is 1. The first kappa shape index (κ1) is 13.4. The van der Waals surface area contributed by atoms with Crippen LogP contribution in [-0.4, -0.2) is 26.0 Å². The van der Waals surface area contributed by atoms with E-state index in [1.807, 2.05) is 0 Å². The normalized spacial score (nSPS) is 10.6. The number of hydrogen-bond acceptors (Lipinski definition) is 6. The topological polar surface area (TPSA) is 76.0 Å². The molecule has 0 radical (unpaired) electrons. The number of aryl methyl sites for hydroxylation is 1. The fraction of sp³-hybridized carbons (Fsp3) is 0.200. The van der Waals surface area contributed by atoms with E-state index < -0.39 is 5.97 Å². The predicted octanol–water partition coefficient (Wildman–Crippen LogP) is 2.78. The number of nitrogens with zero attached hydrogens (tertiary/aromatic N) is 3. The van der Waals surface area contributed by atoms with Gasteiger partial charge >= 0.3 is 5.97 Å². The zero-order valence-corrected chi connectivity index (χ0v) is 12.5. The standard InChI is InChI=1S/C10H8BrN3O2S2/c1-5-7(2-8(15)16)17-10(14-5)18-9-12-3-6(11)4-13-9/h3-4H,2H2,1H3,(H,15,16). The van der Waals surface area contributed by atoms with Gasteiger partial charge in [-0.25, -0.2) is 15.0 Å². The maximum Gasteiger partial charge on any atom is 0.308 e. The van der Waals surface area contributed by atoms with E-state index >= 15 is 0 Å². The van der Waals surface area contributed by atoms with E-state index in [0.29, 0.717) is 5.16 Å². The lowest BCUT2D eigenvalue weighted by Crippen LogP contribution is -1.99. The van der Waals surface area contributed by atoms with Gasteiger partial charge in [0, 0.05) is 17.3 Å². The Balaban J connectivity index is 2.14. The molecular formula is C10H8BrN3O2S2. The molecule has 2 rings (SSSR count). The van der Waals surface area contributed by atoms with E-state index in [9.17, 15) is 4.79 Å². The van der Waals surface area contributed by atoms with Crippen molar-refractivity contribution in [3.05, 3.63) is 27.4 Å². The quantitative estimate of drug-likeness (QED) is 0.858. The van der Waals surface area contributed by atoms with Gasteiger partial charge in [0.1, 0.15) is 0 Å². The molecule has 0 fully saturated rings. The molecule has 0 aromatic carbocycles. The van der Waals surface area contributed by atoms with Gasteiger partial charge in [-0.05, 0) is 34.6 Å². The van der Waals surface area contributed by atoms with E-state index in [1.54, 1.807) is 19.3 Å². The highest BCUT2D eigenvalue weighted by Gasteiger charge is 2.12. The van der Waals surface area contributed by atoms with Gasteiger partial charge in [0.05, 0.1) is 16.6 Å². The molecule has 1 N–H and O–H groups in total. The van der Waals surface area contributed by atoms with Crippen molar-refractivity contribution in [3.8, 4) is 0 Å². The summed E-state index contributed by atoms with van der Waals surface area (Å²) in [6.45, 7) is 1.81. The summed E-state index contributed by atoms with van der Waals surface area (Å²) in [7, 11) is 0. The van der Waals surface area contributed by atoms with Crippen LogP contribution in [0.5, 0.6) is 0 Å². The molecule has 0 saturated carbocycles. The molecule has 2 aromatic heterocycles. The molecule has 0 saturated heterocycles. The Morgan fingerprint density at radius 2 is 2.17 bits per heavy atom. The Bertz CT molecular complexity index is 571. The fourth-order valence-electron chi connectivity index (χ4n) is 1.18. The van der Waals surface area contributed by atoms with E-state index in [2.05, 4.69) is 30.9 Å². The SMILES string of the molecule is Cc1nc(Sc2ncc(Br)cn2)sc1CC(=O)O. The van der Waals surface area contributed by atoms with Gasteiger partial charge in [-0.3, -0.25) is 4.79 Å². The average Bonchev–Trinajstić information content (AvgIpc) is 2.62. The number of carboxylic acid groups (broad SMARTS) is 1. The minimum absolute atomic E-state index is 0.00521. The Kier molecular flexibility index (Phi) is 4.31. The van der Waals surface area contributed by atoms with E-state index in [1.165, 1.54) is 23.1 Å². The maximum atomic E-state index is 10.7. The Morgan fingerprint density at radius 3 is 2.78 bits per heavy atom. The van der Waals surface area contributed by atoms with Gasteiger partial charge in [0.2, 0.25) is 0 Å². The van der Waals surface area contributed by atoms with Crippen molar-refractivity contribution in [1.29, 1.82) is 0 Å². The number of carboxylic acids is 1. The molecule has 0 bridgehead atoms. The molecule has 0 atom stereocenters. The van der Waals surface area contributed by atoms with Crippen LogP contribution in [0.3, 0.4) is 0 Å². The predicted molar refractivity (Wildman–Crippen MR) is 72.0 cm³/mol. The van der Waals surface area contributed by atoms with Gasteiger partial charge in [0.15, 0.2) is 9.50 Å². The second-order valence-corrected chi connectivity index (χ2v) is 6.56. The van der Waals surface area contributed by atoms with Crippen LogP contribution in [0.25, 0.3) is 0 Å². The first-order chi connectivity index (χ1) is 8.54. The van der Waals surface area contributed by atoms with Crippen LogP contribution in [0.1, 0.15) is 10.6 Å². The number of hydrogen-bond donors (Lipinski definition) is 1. The summed E-state index contributed by atoms with van der Waals surface area (Å²) >= 11 is 5.96. The molecule has 0 aliphatic rings. The van der Waals surface area contributed by atoms with Crippen LogP contribution >= 0.6 is 39.0 Å². The maximum absolute atomic E-state index is 10.7.